The number of halogens is 2. The van der Waals surface area contributed by atoms with Crippen LogP contribution in [0.5, 0.6) is 5.75 Å². The van der Waals surface area contributed by atoms with E-state index in [1.54, 1.807) is 31.4 Å². The second kappa shape index (κ2) is 8.39. The van der Waals surface area contributed by atoms with Crippen LogP contribution >= 0.6 is 35.0 Å². The van der Waals surface area contributed by atoms with Gasteiger partial charge in [-0.1, -0.05) is 41.0 Å². The number of anilines is 1. The molecule has 26 heavy (non-hydrogen) atoms. The van der Waals surface area contributed by atoms with Crippen LogP contribution in [0.4, 0.5) is 5.69 Å². The number of rotatable bonds is 6. The molecule has 0 unspecified atom stereocenters. The maximum Gasteiger partial charge on any atom is 0.234 e. The average Bonchev–Trinajstić information content (AvgIpc) is 3.11. The van der Waals surface area contributed by atoms with E-state index in [1.165, 1.54) is 16.4 Å². The Morgan fingerprint density at radius 2 is 2.12 bits per heavy atom. The van der Waals surface area contributed by atoms with E-state index in [0.29, 0.717) is 26.6 Å². The first-order valence-corrected chi connectivity index (χ1v) is 9.11. The van der Waals surface area contributed by atoms with Crippen LogP contribution in [0.3, 0.4) is 0 Å². The molecule has 0 spiro atoms. The molecule has 0 atom stereocenters. The number of tetrazole rings is 1. The first-order chi connectivity index (χ1) is 12.6. The summed E-state index contributed by atoms with van der Waals surface area (Å²) in [6.45, 7) is 0. The zero-order valence-corrected chi connectivity index (χ0v) is 15.8. The highest BCUT2D eigenvalue weighted by Gasteiger charge is 2.13. The number of hydrogen-bond donors (Lipinski definition) is 1. The molecule has 0 fully saturated rings. The third kappa shape index (κ3) is 4.46. The molecule has 1 amide bonds. The van der Waals surface area contributed by atoms with Crippen LogP contribution < -0.4 is 10.1 Å². The van der Waals surface area contributed by atoms with Gasteiger partial charge in [0.25, 0.3) is 0 Å². The summed E-state index contributed by atoms with van der Waals surface area (Å²) < 4.78 is 6.74. The number of ether oxygens (including phenoxy) is 1. The molecule has 3 aromatic rings. The molecular weight excluding hydrogens is 397 g/mol. The number of amides is 1. The second-order valence-corrected chi connectivity index (χ2v) is 6.82. The van der Waals surface area contributed by atoms with Crippen LogP contribution in [0, 0.1) is 0 Å². The molecular formula is C16H13Cl2N5O2S. The summed E-state index contributed by atoms with van der Waals surface area (Å²) in [6.07, 6.45) is 0. The van der Waals surface area contributed by atoms with E-state index in [2.05, 4.69) is 20.8 Å². The van der Waals surface area contributed by atoms with E-state index < -0.39 is 0 Å². The van der Waals surface area contributed by atoms with Crippen LogP contribution in [0.2, 0.25) is 10.0 Å². The maximum absolute atomic E-state index is 12.2. The normalized spacial score (nSPS) is 10.6. The lowest BCUT2D eigenvalue weighted by molar-refractivity contribution is -0.113. The van der Waals surface area contributed by atoms with Gasteiger partial charge in [-0.05, 0) is 40.8 Å². The Morgan fingerprint density at radius 3 is 2.88 bits per heavy atom. The molecule has 0 radical (unpaired) electrons. The van der Waals surface area contributed by atoms with Gasteiger partial charge in [0.2, 0.25) is 11.1 Å². The highest BCUT2D eigenvalue weighted by atomic mass is 35.5. The van der Waals surface area contributed by atoms with Gasteiger partial charge in [-0.2, -0.15) is 4.68 Å². The molecule has 10 heteroatoms. The summed E-state index contributed by atoms with van der Waals surface area (Å²) in [5.41, 5.74) is 1.23. The van der Waals surface area contributed by atoms with Crippen LogP contribution in [0.25, 0.3) is 5.69 Å². The molecule has 1 heterocycles. The van der Waals surface area contributed by atoms with Gasteiger partial charge in [0.15, 0.2) is 0 Å². The Labute approximate surface area is 163 Å². The fourth-order valence-corrected chi connectivity index (χ4v) is 3.23. The average molecular weight is 410 g/mol. The molecule has 3 rings (SSSR count). The van der Waals surface area contributed by atoms with E-state index in [-0.39, 0.29) is 11.7 Å². The summed E-state index contributed by atoms with van der Waals surface area (Å²) in [7, 11) is 1.58. The molecule has 1 N–H and O–H groups in total. The number of thioether (sulfide) groups is 1. The van der Waals surface area contributed by atoms with Crippen molar-refractivity contribution in [3.05, 3.63) is 52.5 Å². The van der Waals surface area contributed by atoms with Crippen LogP contribution in [0.1, 0.15) is 0 Å². The standard InChI is InChI=1S/C16H13Cl2N5O2S/c1-25-12-4-2-3-11(8-12)23-16(20-21-22-23)26-9-15(24)19-14-6-5-10(17)7-13(14)18/h2-8H,9H2,1H3,(H,19,24). The molecule has 7 nitrogen and oxygen atoms in total. The third-order valence-corrected chi connectivity index (χ3v) is 4.74. The number of carbonyl (C=O) groups is 1. The smallest absolute Gasteiger partial charge is 0.234 e. The Kier molecular flexibility index (Phi) is 5.97. The zero-order valence-electron chi connectivity index (χ0n) is 13.5. The fourth-order valence-electron chi connectivity index (χ4n) is 2.08. The Balaban J connectivity index is 1.67. The van der Waals surface area contributed by atoms with Crippen molar-refractivity contribution in [1.29, 1.82) is 0 Å². The third-order valence-electron chi connectivity index (χ3n) is 3.28. The van der Waals surface area contributed by atoms with E-state index >= 15 is 0 Å². The highest BCUT2D eigenvalue weighted by Crippen LogP contribution is 2.26. The number of benzene rings is 2. The Morgan fingerprint density at radius 1 is 1.27 bits per heavy atom. The van der Waals surface area contributed by atoms with Gasteiger partial charge in [0, 0.05) is 11.1 Å². The predicted octanol–water partition coefficient (Wildman–Crippen LogP) is 3.71. The minimum atomic E-state index is -0.237. The minimum Gasteiger partial charge on any atom is -0.497 e. The topological polar surface area (TPSA) is 81.9 Å². The lowest BCUT2D eigenvalue weighted by Crippen LogP contribution is -2.15. The van der Waals surface area contributed by atoms with Crippen molar-refractivity contribution in [3.63, 3.8) is 0 Å². The lowest BCUT2D eigenvalue weighted by atomic mass is 10.3. The number of nitrogens with zero attached hydrogens (tertiary/aromatic N) is 4. The van der Waals surface area contributed by atoms with Crippen LogP contribution in [0.15, 0.2) is 47.6 Å². The van der Waals surface area contributed by atoms with E-state index in [9.17, 15) is 4.79 Å². The van der Waals surface area contributed by atoms with Crippen molar-refractivity contribution in [3.8, 4) is 11.4 Å². The van der Waals surface area contributed by atoms with Gasteiger partial charge in [-0.25, -0.2) is 0 Å². The quantitative estimate of drug-likeness (QED) is 0.624. The summed E-state index contributed by atoms with van der Waals surface area (Å²) in [5.74, 6) is 0.562. The van der Waals surface area contributed by atoms with E-state index in [4.69, 9.17) is 27.9 Å². The number of hydrogen-bond acceptors (Lipinski definition) is 6. The van der Waals surface area contributed by atoms with E-state index in [1.807, 2.05) is 18.2 Å². The SMILES string of the molecule is COc1cccc(-n2nnnc2SCC(=O)Nc2ccc(Cl)cc2Cl)c1. The summed E-state index contributed by atoms with van der Waals surface area (Å²) in [6, 6.07) is 12.2. The summed E-state index contributed by atoms with van der Waals surface area (Å²) in [4.78, 5) is 12.2. The Bertz CT molecular complexity index is 935. The van der Waals surface area contributed by atoms with Crippen molar-refractivity contribution in [2.75, 3.05) is 18.2 Å². The summed E-state index contributed by atoms with van der Waals surface area (Å²) >= 11 is 13.1. The van der Waals surface area contributed by atoms with Crippen molar-refractivity contribution in [2.45, 2.75) is 5.16 Å². The van der Waals surface area contributed by atoms with Gasteiger partial charge >= 0.3 is 0 Å². The zero-order chi connectivity index (χ0) is 18.5. The molecule has 0 aliphatic carbocycles. The molecule has 134 valence electrons. The van der Waals surface area contributed by atoms with Crippen molar-refractivity contribution in [1.82, 2.24) is 20.2 Å². The van der Waals surface area contributed by atoms with Gasteiger partial charge in [0.05, 0.1) is 29.3 Å². The lowest BCUT2D eigenvalue weighted by Gasteiger charge is -2.08. The number of methoxy groups -OCH3 is 1. The van der Waals surface area contributed by atoms with Crippen LogP contribution in [-0.4, -0.2) is 39.0 Å². The first-order valence-electron chi connectivity index (χ1n) is 7.37. The maximum atomic E-state index is 12.2. The monoisotopic (exact) mass is 409 g/mol. The second-order valence-electron chi connectivity index (χ2n) is 5.04. The number of nitrogens with one attached hydrogen (secondary N) is 1. The van der Waals surface area contributed by atoms with Crippen molar-refractivity contribution < 1.29 is 9.53 Å². The summed E-state index contributed by atoms with van der Waals surface area (Å²) in [5, 5.41) is 15.7. The first kappa shape index (κ1) is 18.5. The molecule has 0 aliphatic rings. The van der Waals surface area contributed by atoms with E-state index in [0.717, 1.165) is 5.69 Å². The van der Waals surface area contributed by atoms with Gasteiger partial charge in [0.1, 0.15) is 5.75 Å². The van der Waals surface area contributed by atoms with Crippen molar-refractivity contribution in [2.24, 2.45) is 0 Å². The van der Waals surface area contributed by atoms with Crippen molar-refractivity contribution >= 4 is 46.6 Å². The number of carbonyl (C=O) groups excluding carboxylic acids is 1. The highest BCUT2D eigenvalue weighted by molar-refractivity contribution is 7.99. The van der Waals surface area contributed by atoms with Gasteiger partial charge in [-0.3, -0.25) is 4.79 Å². The number of aromatic nitrogens is 4. The van der Waals surface area contributed by atoms with Gasteiger partial charge < -0.3 is 10.1 Å². The molecule has 0 saturated carbocycles. The van der Waals surface area contributed by atoms with Gasteiger partial charge in [-0.15, -0.1) is 5.10 Å². The molecule has 0 saturated heterocycles. The van der Waals surface area contributed by atoms with Crippen LogP contribution in [-0.2, 0) is 4.79 Å². The predicted molar refractivity (Wildman–Crippen MR) is 102 cm³/mol. The molecule has 1 aromatic heterocycles. The largest absolute Gasteiger partial charge is 0.497 e. The minimum absolute atomic E-state index is 0.114. The molecule has 2 aromatic carbocycles. The Hall–Kier alpha value is -2.29. The molecule has 0 bridgehead atoms. The fraction of sp³-hybridized carbons (Fsp3) is 0.125. The molecule has 0 aliphatic heterocycles.